The monoisotopic (exact) mass is 188 g/mol. The quantitative estimate of drug-likeness (QED) is 0.609. The van der Waals surface area contributed by atoms with Crippen molar-refractivity contribution in [2.75, 3.05) is 21.1 Å². The number of hydrogen-bond donors (Lipinski definition) is 2. The van der Waals surface area contributed by atoms with E-state index in [1.807, 2.05) is 0 Å². The molecule has 13 heavy (non-hydrogen) atoms. The lowest BCUT2D eigenvalue weighted by Gasteiger charge is -2.45. The van der Waals surface area contributed by atoms with Gasteiger partial charge in [0.2, 0.25) is 0 Å². The molecule has 1 rings (SSSR count). The molecule has 1 unspecified atom stereocenters. The molecule has 0 bridgehead atoms. The molecule has 0 aromatic carbocycles. The van der Waals surface area contributed by atoms with Crippen LogP contribution in [0.5, 0.6) is 0 Å². The number of hydrogen-bond acceptors (Lipinski definition) is 2. The molecule has 0 aromatic rings. The first-order chi connectivity index (χ1) is 5.82. The Hall–Kier alpha value is -0.610. The normalized spacial score (nSPS) is 30.8. The van der Waals surface area contributed by atoms with Crippen LogP contribution in [0.3, 0.4) is 0 Å². The van der Waals surface area contributed by atoms with E-state index in [1.54, 1.807) is 0 Å². The van der Waals surface area contributed by atoms with Crippen molar-refractivity contribution in [3.05, 3.63) is 0 Å². The first-order valence-electron chi connectivity index (χ1n) is 4.54. The molecule has 0 heterocycles. The molecular formula is C9H18NO3+. The molecule has 76 valence electrons. The Kier molecular flexibility index (Phi) is 2.63. The standard InChI is InChI=1S/C9H17NO3/c1-10(2,3)7-4-6(5-7)8(11)9(12)13/h6-8,11H,4-5H2,1-3H3/p+1. The Balaban J connectivity index is 2.38. The molecule has 1 fully saturated rings. The number of carbonyl (C=O) groups is 1. The van der Waals surface area contributed by atoms with Crippen LogP contribution in [0.1, 0.15) is 12.8 Å². The summed E-state index contributed by atoms with van der Waals surface area (Å²) in [4.78, 5) is 10.4. The molecule has 0 amide bonds. The highest BCUT2D eigenvalue weighted by molar-refractivity contribution is 5.72. The van der Waals surface area contributed by atoms with Crippen LogP contribution in [-0.2, 0) is 4.79 Å². The second-order valence-corrected chi connectivity index (χ2v) is 4.78. The zero-order valence-corrected chi connectivity index (χ0v) is 8.40. The van der Waals surface area contributed by atoms with Crippen molar-refractivity contribution >= 4 is 5.97 Å². The third-order valence-corrected chi connectivity index (χ3v) is 2.94. The number of aliphatic hydroxyl groups is 1. The lowest BCUT2D eigenvalue weighted by Crippen LogP contribution is -2.55. The summed E-state index contributed by atoms with van der Waals surface area (Å²) in [6.45, 7) is 0. The van der Waals surface area contributed by atoms with E-state index in [9.17, 15) is 9.90 Å². The molecule has 0 saturated heterocycles. The Morgan fingerprint density at radius 3 is 2.15 bits per heavy atom. The molecule has 0 radical (unpaired) electrons. The maximum atomic E-state index is 10.4. The van der Waals surface area contributed by atoms with E-state index in [1.165, 1.54) is 0 Å². The van der Waals surface area contributed by atoms with E-state index in [-0.39, 0.29) is 5.92 Å². The highest BCUT2D eigenvalue weighted by atomic mass is 16.4. The minimum Gasteiger partial charge on any atom is -0.479 e. The number of nitrogens with zero attached hydrogens (tertiary/aromatic N) is 1. The van der Waals surface area contributed by atoms with Crippen LogP contribution in [-0.4, -0.2) is 54.0 Å². The van der Waals surface area contributed by atoms with Crippen LogP contribution in [0.2, 0.25) is 0 Å². The van der Waals surface area contributed by atoms with Crippen LogP contribution in [0.25, 0.3) is 0 Å². The van der Waals surface area contributed by atoms with Crippen molar-refractivity contribution in [3.8, 4) is 0 Å². The van der Waals surface area contributed by atoms with Gasteiger partial charge < -0.3 is 14.7 Å². The first kappa shape index (κ1) is 10.5. The molecule has 0 aromatic heterocycles. The van der Waals surface area contributed by atoms with Gasteiger partial charge in [-0.3, -0.25) is 0 Å². The van der Waals surface area contributed by atoms with Crippen LogP contribution < -0.4 is 0 Å². The fourth-order valence-corrected chi connectivity index (χ4v) is 1.72. The molecule has 0 spiro atoms. The van der Waals surface area contributed by atoms with Gasteiger partial charge in [-0.05, 0) is 0 Å². The molecule has 0 aliphatic heterocycles. The van der Waals surface area contributed by atoms with E-state index in [0.717, 1.165) is 17.3 Å². The van der Waals surface area contributed by atoms with Gasteiger partial charge in [-0.25, -0.2) is 4.79 Å². The Morgan fingerprint density at radius 2 is 1.85 bits per heavy atom. The van der Waals surface area contributed by atoms with Crippen LogP contribution in [0.15, 0.2) is 0 Å². The van der Waals surface area contributed by atoms with Gasteiger partial charge in [-0.1, -0.05) is 0 Å². The summed E-state index contributed by atoms with van der Waals surface area (Å²) < 4.78 is 0.850. The molecular weight excluding hydrogens is 170 g/mol. The lowest BCUT2D eigenvalue weighted by molar-refractivity contribution is -0.903. The van der Waals surface area contributed by atoms with E-state index in [0.29, 0.717) is 6.04 Å². The fraction of sp³-hybridized carbons (Fsp3) is 0.889. The summed E-state index contributed by atoms with van der Waals surface area (Å²) in [6, 6.07) is 0.499. The maximum absolute atomic E-state index is 10.4. The van der Waals surface area contributed by atoms with Crippen LogP contribution >= 0.6 is 0 Å². The zero-order valence-electron chi connectivity index (χ0n) is 8.40. The van der Waals surface area contributed by atoms with Crippen molar-refractivity contribution in [2.24, 2.45) is 5.92 Å². The third kappa shape index (κ3) is 2.19. The zero-order chi connectivity index (χ0) is 10.2. The number of carboxylic acids is 1. The summed E-state index contributed by atoms with van der Waals surface area (Å²) in [5.41, 5.74) is 0. The highest BCUT2D eigenvalue weighted by Gasteiger charge is 2.43. The van der Waals surface area contributed by atoms with Crippen molar-refractivity contribution < 1.29 is 19.5 Å². The third-order valence-electron chi connectivity index (χ3n) is 2.94. The van der Waals surface area contributed by atoms with E-state index in [2.05, 4.69) is 21.1 Å². The summed E-state index contributed by atoms with van der Waals surface area (Å²) >= 11 is 0. The van der Waals surface area contributed by atoms with Crippen LogP contribution in [0.4, 0.5) is 0 Å². The average Bonchev–Trinajstić information content (AvgIpc) is 1.79. The van der Waals surface area contributed by atoms with E-state index < -0.39 is 12.1 Å². The second-order valence-electron chi connectivity index (χ2n) is 4.78. The topological polar surface area (TPSA) is 57.5 Å². The smallest absolute Gasteiger partial charge is 0.332 e. The van der Waals surface area contributed by atoms with Gasteiger partial charge in [-0.15, -0.1) is 0 Å². The molecule has 1 atom stereocenters. The van der Waals surface area contributed by atoms with Gasteiger partial charge in [0, 0.05) is 18.8 Å². The summed E-state index contributed by atoms with van der Waals surface area (Å²) in [5, 5.41) is 17.8. The Labute approximate surface area is 78.4 Å². The Morgan fingerprint density at radius 1 is 1.38 bits per heavy atom. The van der Waals surface area contributed by atoms with Crippen molar-refractivity contribution in [3.63, 3.8) is 0 Å². The number of rotatable bonds is 3. The van der Waals surface area contributed by atoms with Gasteiger partial charge in [-0.2, -0.15) is 0 Å². The molecule has 1 aliphatic carbocycles. The fourth-order valence-electron chi connectivity index (χ4n) is 1.72. The van der Waals surface area contributed by atoms with Gasteiger partial charge in [0.05, 0.1) is 27.2 Å². The van der Waals surface area contributed by atoms with Crippen molar-refractivity contribution in [2.45, 2.75) is 25.0 Å². The molecule has 1 saturated carbocycles. The predicted molar refractivity (Wildman–Crippen MR) is 48.2 cm³/mol. The molecule has 4 nitrogen and oxygen atoms in total. The highest BCUT2D eigenvalue weighted by Crippen LogP contribution is 2.35. The van der Waals surface area contributed by atoms with Crippen molar-refractivity contribution in [1.29, 1.82) is 0 Å². The second kappa shape index (κ2) is 3.27. The summed E-state index contributed by atoms with van der Waals surface area (Å²) in [7, 11) is 6.27. The van der Waals surface area contributed by atoms with Crippen molar-refractivity contribution in [1.82, 2.24) is 0 Å². The minimum atomic E-state index is -1.16. The van der Waals surface area contributed by atoms with Gasteiger partial charge in [0.25, 0.3) is 0 Å². The summed E-state index contributed by atoms with van der Waals surface area (Å²) in [6.07, 6.45) is 0.469. The SMILES string of the molecule is C[N+](C)(C)C1CC(C(O)C(=O)O)C1. The maximum Gasteiger partial charge on any atom is 0.332 e. The first-order valence-corrected chi connectivity index (χ1v) is 4.54. The minimum absolute atomic E-state index is 0.0418. The molecule has 1 aliphatic rings. The predicted octanol–water partition coefficient (Wildman–Crippen LogP) is -0.0833. The largest absolute Gasteiger partial charge is 0.479 e. The van der Waals surface area contributed by atoms with Gasteiger partial charge >= 0.3 is 5.97 Å². The van der Waals surface area contributed by atoms with Gasteiger partial charge in [0.1, 0.15) is 0 Å². The number of carboxylic acid groups (broad SMARTS) is 1. The molecule has 4 heteroatoms. The van der Waals surface area contributed by atoms with E-state index >= 15 is 0 Å². The number of quaternary nitrogens is 1. The number of aliphatic hydroxyl groups excluding tert-OH is 1. The molecule has 2 N–H and O–H groups in total. The van der Waals surface area contributed by atoms with Gasteiger partial charge in [0.15, 0.2) is 6.10 Å². The van der Waals surface area contributed by atoms with Crippen LogP contribution in [0, 0.1) is 5.92 Å². The summed E-state index contributed by atoms with van der Waals surface area (Å²) in [5.74, 6) is -1.13. The average molecular weight is 188 g/mol. The number of aliphatic carboxylic acids is 1. The lowest BCUT2D eigenvalue weighted by atomic mass is 9.75. The Bertz CT molecular complexity index is 203. The van der Waals surface area contributed by atoms with E-state index in [4.69, 9.17) is 5.11 Å².